The average Bonchev–Trinajstić information content (AvgIpc) is 3.15. The number of hydrogen-bond acceptors (Lipinski definition) is 5. The van der Waals surface area contributed by atoms with Crippen molar-refractivity contribution in [3.05, 3.63) is 46.2 Å². The van der Waals surface area contributed by atoms with Crippen LogP contribution in [0.25, 0.3) is 0 Å². The lowest BCUT2D eigenvalue weighted by atomic mass is 9.78. The largest absolute Gasteiger partial charge is 0.488 e. The lowest BCUT2D eigenvalue weighted by Crippen LogP contribution is -2.42. The number of ether oxygens (including phenoxy) is 1. The Kier molecular flexibility index (Phi) is 4.75. The number of fused-ring (bicyclic) bond motifs is 1. The Hall–Kier alpha value is -1.50. The van der Waals surface area contributed by atoms with Crippen LogP contribution < -0.4 is 4.74 Å². The number of thiazole rings is 1. The number of rotatable bonds is 4. The number of aliphatic hydroxyl groups is 1. The lowest BCUT2D eigenvalue weighted by Gasteiger charge is -2.35. The summed E-state index contributed by atoms with van der Waals surface area (Å²) < 4.78 is 19.0. The minimum atomic E-state index is -0.461. The molecule has 4 nitrogen and oxygen atoms in total. The van der Waals surface area contributed by atoms with Crippen molar-refractivity contribution in [1.82, 2.24) is 9.88 Å². The number of hydrogen-bond donors (Lipinski definition) is 1. The molecular formula is C19H23FN2O2S. The van der Waals surface area contributed by atoms with Gasteiger partial charge in [-0.2, -0.15) is 0 Å². The van der Waals surface area contributed by atoms with Gasteiger partial charge in [-0.15, -0.1) is 11.3 Å². The second-order valence-electron chi connectivity index (χ2n) is 7.21. The summed E-state index contributed by atoms with van der Waals surface area (Å²) in [6.07, 6.45) is 2.92. The predicted molar refractivity (Wildman–Crippen MR) is 95.2 cm³/mol. The molecule has 0 bridgehead atoms. The Bertz CT molecular complexity index is 720. The van der Waals surface area contributed by atoms with E-state index in [2.05, 4.69) is 9.88 Å². The third kappa shape index (κ3) is 3.86. The van der Waals surface area contributed by atoms with E-state index in [9.17, 15) is 9.50 Å². The zero-order valence-corrected chi connectivity index (χ0v) is 15.1. The molecule has 2 heterocycles. The molecule has 0 unspecified atom stereocenters. The minimum absolute atomic E-state index is 0.211. The Morgan fingerprint density at radius 2 is 1.96 bits per heavy atom. The zero-order chi connectivity index (χ0) is 17.4. The molecule has 1 aromatic carbocycles. The fourth-order valence-corrected chi connectivity index (χ4v) is 4.97. The average molecular weight is 362 g/mol. The molecular weight excluding hydrogens is 339 g/mol. The third-order valence-corrected chi connectivity index (χ3v) is 6.21. The number of aromatic nitrogens is 1. The van der Waals surface area contributed by atoms with E-state index in [4.69, 9.17) is 4.74 Å². The van der Waals surface area contributed by atoms with Crippen molar-refractivity contribution in [2.24, 2.45) is 11.8 Å². The van der Waals surface area contributed by atoms with Crippen molar-refractivity contribution in [2.75, 3.05) is 13.1 Å². The van der Waals surface area contributed by atoms with Crippen molar-refractivity contribution < 1.29 is 14.2 Å². The molecule has 25 heavy (non-hydrogen) atoms. The second-order valence-corrected chi connectivity index (χ2v) is 8.53. The fraction of sp³-hybridized carbons (Fsp3) is 0.526. The van der Waals surface area contributed by atoms with Crippen LogP contribution in [0.3, 0.4) is 0 Å². The Morgan fingerprint density at radius 1 is 1.24 bits per heavy atom. The SMILES string of the molecule is Cc1ncc(CN2C[C@H]3C[C@@H](Oc4ccc(F)cc4)[C@H](O)C[C@H]3C2)s1. The molecule has 1 N–H and O–H groups in total. The van der Waals surface area contributed by atoms with Crippen molar-refractivity contribution in [2.45, 2.75) is 38.5 Å². The van der Waals surface area contributed by atoms with Gasteiger partial charge in [0.05, 0.1) is 11.1 Å². The summed E-state index contributed by atoms with van der Waals surface area (Å²) in [6, 6.07) is 6.03. The van der Waals surface area contributed by atoms with Gasteiger partial charge >= 0.3 is 0 Å². The van der Waals surface area contributed by atoms with E-state index in [1.165, 1.54) is 17.0 Å². The van der Waals surface area contributed by atoms with Gasteiger partial charge in [0.2, 0.25) is 0 Å². The molecule has 0 radical (unpaired) electrons. The first-order valence-electron chi connectivity index (χ1n) is 8.81. The Morgan fingerprint density at radius 3 is 2.64 bits per heavy atom. The maximum absolute atomic E-state index is 13.0. The van der Waals surface area contributed by atoms with Crippen LogP contribution in [0.4, 0.5) is 4.39 Å². The van der Waals surface area contributed by atoms with Crippen LogP contribution >= 0.6 is 11.3 Å². The van der Waals surface area contributed by atoms with Gasteiger partial charge in [0, 0.05) is 30.7 Å². The molecule has 1 aliphatic carbocycles. The van der Waals surface area contributed by atoms with Crippen LogP contribution in [0.15, 0.2) is 30.5 Å². The monoisotopic (exact) mass is 362 g/mol. The van der Waals surface area contributed by atoms with E-state index in [1.54, 1.807) is 23.5 Å². The van der Waals surface area contributed by atoms with E-state index in [-0.39, 0.29) is 11.9 Å². The van der Waals surface area contributed by atoms with E-state index < -0.39 is 6.10 Å². The molecule has 0 amide bonds. The Balaban J connectivity index is 1.37. The number of aryl methyl sites for hydroxylation is 1. The summed E-state index contributed by atoms with van der Waals surface area (Å²) in [5.41, 5.74) is 0. The van der Waals surface area contributed by atoms with E-state index in [0.717, 1.165) is 37.5 Å². The van der Waals surface area contributed by atoms with Gasteiger partial charge in [-0.05, 0) is 55.9 Å². The highest BCUT2D eigenvalue weighted by atomic mass is 32.1. The minimum Gasteiger partial charge on any atom is -0.488 e. The molecule has 1 aliphatic heterocycles. The van der Waals surface area contributed by atoms with Crippen LogP contribution in [0, 0.1) is 24.6 Å². The van der Waals surface area contributed by atoms with Crippen molar-refractivity contribution in [3.8, 4) is 5.75 Å². The summed E-state index contributed by atoms with van der Waals surface area (Å²) in [4.78, 5) is 8.10. The first-order valence-corrected chi connectivity index (χ1v) is 9.62. The zero-order valence-electron chi connectivity index (χ0n) is 14.3. The number of likely N-dealkylation sites (tertiary alicyclic amines) is 1. The maximum atomic E-state index is 13.0. The van der Waals surface area contributed by atoms with Gasteiger partial charge in [-0.3, -0.25) is 4.90 Å². The van der Waals surface area contributed by atoms with Crippen LogP contribution in [-0.4, -0.2) is 40.3 Å². The van der Waals surface area contributed by atoms with Gasteiger partial charge in [-0.1, -0.05) is 0 Å². The first-order chi connectivity index (χ1) is 12.1. The first kappa shape index (κ1) is 16.9. The molecule has 1 saturated carbocycles. The van der Waals surface area contributed by atoms with Crippen molar-refractivity contribution >= 4 is 11.3 Å². The van der Waals surface area contributed by atoms with Gasteiger partial charge in [0.15, 0.2) is 0 Å². The quantitative estimate of drug-likeness (QED) is 0.907. The molecule has 0 spiro atoms. The van der Waals surface area contributed by atoms with Crippen molar-refractivity contribution in [1.29, 1.82) is 0 Å². The molecule has 2 aliphatic rings. The number of benzene rings is 1. The summed E-state index contributed by atoms with van der Waals surface area (Å²) in [7, 11) is 0. The van der Waals surface area contributed by atoms with Gasteiger partial charge < -0.3 is 9.84 Å². The summed E-state index contributed by atoms with van der Waals surface area (Å²) in [5.74, 6) is 1.42. The number of halogens is 1. The molecule has 4 atom stereocenters. The topological polar surface area (TPSA) is 45.6 Å². The summed E-state index contributed by atoms with van der Waals surface area (Å²) in [6.45, 7) is 5.04. The Labute approximate surface area is 151 Å². The lowest BCUT2D eigenvalue weighted by molar-refractivity contribution is -0.0231. The van der Waals surface area contributed by atoms with Crippen molar-refractivity contribution in [3.63, 3.8) is 0 Å². The highest BCUT2D eigenvalue weighted by Gasteiger charge is 2.42. The fourth-order valence-electron chi connectivity index (χ4n) is 4.13. The molecule has 134 valence electrons. The number of aliphatic hydroxyl groups excluding tert-OH is 1. The standard InChI is InChI=1S/C19H23FN2O2S/c1-12-21-8-17(25-12)11-22-9-13-6-18(23)19(7-14(13)10-22)24-16-4-2-15(20)3-5-16/h2-5,8,13-14,18-19,23H,6-7,9-11H2,1H3/t13-,14+,18+,19+/m0/s1. The van der Waals surface area contributed by atoms with Gasteiger partial charge in [-0.25, -0.2) is 9.37 Å². The molecule has 4 rings (SSSR count). The van der Waals surface area contributed by atoms with Gasteiger partial charge in [0.25, 0.3) is 0 Å². The molecule has 6 heteroatoms. The van der Waals surface area contributed by atoms with Crippen LogP contribution in [0.1, 0.15) is 22.7 Å². The summed E-state index contributed by atoms with van der Waals surface area (Å²) in [5, 5.41) is 11.6. The molecule has 2 aromatic rings. The highest BCUT2D eigenvalue weighted by molar-refractivity contribution is 7.11. The predicted octanol–water partition coefficient (Wildman–Crippen LogP) is 3.24. The van der Waals surface area contributed by atoms with Crippen LogP contribution in [0.2, 0.25) is 0 Å². The molecule has 2 fully saturated rings. The molecule has 1 saturated heterocycles. The highest BCUT2D eigenvalue weighted by Crippen LogP contribution is 2.38. The number of nitrogens with zero attached hydrogens (tertiary/aromatic N) is 2. The second kappa shape index (κ2) is 7.02. The van der Waals surface area contributed by atoms with E-state index in [1.807, 2.05) is 13.1 Å². The van der Waals surface area contributed by atoms with Crippen LogP contribution in [-0.2, 0) is 6.54 Å². The van der Waals surface area contributed by atoms with Gasteiger partial charge in [0.1, 0.15) is 17.7 Å². The third-order valence-electron chi connectivity index (χ3n) is 5.31. The normalized spacial score (nSPS) is 29.6. The smallest absolute Gasteiger partial charge is 0.125 e. The van der Waals surface area contributed by atoms with E-state index in [0.29, 0.717) is 17.6 Å². The summed E-state index contributed by atoms with van der Waals surface area (Å²) >= 11 is 1.75. The molecule has 1 aromatic heterocycles. The van der Waals surface area contributed by atoms with E-state index >= 15 is 0 Å². The van der Waals surface area contributed by atoms with Crippen LogP contribution in [0.5, 0.6) is 5.75 Å². The maximum Gasteiger partial charge on any atom is 0.125 e.